The SMILES string of the molecule is CCCCCCCCCCCCC(O)(CC(=O)O)C(=O)S. The van der Waals surface area contributed by atoms with Gasteiger partial charge in [0, 0.05) is 0 Å². The zero-order valence-electron chi connectivity index (χ0n) is 13.1. The number of carboxylic acid groups (broad SMARTS) is 1. The summed E-state index contributed by atoms with van der Waals surface area (Å²) in [5, 5.41) is 17.9. The number of aliphatic carboxylic acids is 1. The highest BCUT2D eigenvalue weighted by Gasteiger charge is 2.35. The predicted octanol–water partition coefficient (Wildman–Crippen LogP) is 3.96. The number of hydrogen-bond acceptors (Lipinski definition) is 3. The summed E-state index contributed by atoms with van der Waals surface area (Å²) in [5.41, 5.74) is -1.81. The van der Waals surface area contributed by atoms with Crippen LogP contribution >= 0.6 is 12.6 Å². The Morgan fingerprint density at radius 1 is 0.905 bits per heavy atom. The summed E-state index contributed by atoms with van der Waals surface area (Å²) in [6.45, 7) is 2.21. The van der Waals surface area contributed by atoms with Gasteiger partial charge in [0.05, 0.1) is 6.42 Å². The molecule has 0 bridgehead atoms. The van der Waals surface area contributed by atoms with E-state index in [4.69, 9.17) is 5.11 Å². The van der Waals surface area contributed by atoms with Gasteiger partial charge in [-0.2, -0.15) is 0 Å². The van der Waals surface area contributed by atoms with Gasteiger partial charge in [0.25, 0.3) is 0 Å². The Bertz CT molecular complexity index is 307. The predicted molar refractivity (Wildman–Crippen MR) is 87.7 cm³/mol. The molecular weight excluding hydrogens is 288 g/mol. The van der Waals surface area contributed by atoms with Crippen molar-refractivity contribution in [2.24, 2.45) is 0 Å². The lowest BCUT2D eigenvalue weighted by atomic mass is 9.93. The first-order valence-electron chi connectivity index (χ1n) is 8.10. The molecule has 0 spiro atoms. The van der Waals surface area contributed by atoms with Crippen molar-refractivity contribution in [2.45, 2.75) is 89.6 Å². The Morgan fingerprint density at radius 3 is 1.71 bits per heavy atom. The van der Waals surface area contributed by atoms with Gasteiger partial charge in [-0.3, -0.25) is 9.59 Å². The molecule has 0 radical (unpaired) electrons. The van der Waals surface area contributed by atoms with Gasteiger partial charge in [0.1, 0.15) is 5.60 Å². The molecule has 0 rings (SSSR count). The fraction of sp³-hybridized carbons (Fsp3) is 0.875. The van der Waals surface area contributed by atoms with Gasteiger partial charge in [0.15, 0.2) is 0 Å². The molecule has 0 amide bonds. The molecule has 0 aromatic rings. The zero-order chi connectivity index (χ0) is 16.1. The van der Waals surface area contributed by atoms with Crippen LogP contribution in [0, 0.1) is 0 Å². The molecule has 0 heterocycles. The lowest BCUT2D eigenvalue weighted by molar-refractivity contribution is -0.147. The minimum atomic E-state index is -1.81. The Morgan fingerprint density at radius 2 is 1.33 bits per heavy atom. The maximum Gasteiger partial charge on any atom is 0.306 e. The van der Waals surface area contributed by atoms with E-state index < -0.39 is 23.1 Å². The lowest BCUT2D eigenvalue weighted by Crippen LogP contribution is -2.38. The van der Waals surface area contributed by atoms with Crippen LogP contribution in [0.4, 0.5) is 0 Å². The molecule has 0 saturated heterocycles. The average molecular weight is 318 g/mol. The first kappa shape index (κ1) is 20.5. The molecule has 0 aliphatic rings. The maximum atomic E-state index is 11.2. The average Bonchev–Trinajstić information content (AvgIpc) is 2.40. The molecular formula is C16H30O4S. The van der Waals surface area contributed by atoms with E-state index >= 15 is 0 Å². The van der Waals surface area contributed by atoms with E-state index in [1.54, 1.807) is 0 Å². The molecule has 0 aliphatic carbocycles. The summed E-state index contributed by atoms with van der Waals surface area (Å²) in [6.07, 6.45) is 11.1. The van der Waals surface area contributed by atoms with Gasteiger partial charge < -0.3 is 10.2 Å². The number of unbranched alkanes of at least 4 members (excludes halogenated alkanes) is 9. The van der Waals surface area contributed by atoms with Crippen LogP contribution in [0.5, 0.6) is 0 Å². The first-order chi connectivity index (χ1) is 9.92. The third-order valence-electron chi connectivity index (χ3n) is 3.79. The minimum Gasteiger partial charge on any atom is -0.481 e. The van der Waals surface area contributed by atoms with Gasteiger partial charge in [0.2, 0.25) is 5.12 Å². The summed E-state index contributed by atoms with van der Waals surface area (Å²) in [4.78, 5) is 21.9. The van der Waals surface area contributed by atoms with E-state index in [0.29, 0.717) is 6.42 Å². The van der Waals surface area contributed by atoms with E-state index in [9.17, 15) is 14.7 Å². The highest BCUT2D eigenvalue weighted by atomic mass is 32.1. The van der Waals surface area contributed by atoms with Crippen molar-refractivity contribution in [3.8, 4) is 0 Å². The number of rotatable bonds is 14. The fourth-order valence-electron chi connectivity index (χ4n) is 2.43. The summed E-state index contributed by atoms with van der Waals surface area (Å²) < 4.78 is 0. The molecule has 5 heteroatoms. The molecule has 4 nitrogen and oxygen atoms in total. The van der Waals surface area contributed by atoms with Crippen LogP contribution in [0.1, 0.15) is 84.0 Å². The summed E-state index contributed by atoms with van der Waals surface area (Å²) in [6, 6.07) is 0. The number of carbonyl (C=O) groups is 2. The quantitative estimate of drug-likeness (QED) is 0.335. The molecule has 1 atom stereocenters. The van der Waals surface area contributed by atoms with Gasteiger partial charge in [-0.05, 0) is 6.42 Å². The van der Waals surface area contributed by atoms with Crippen LogP contribution in [-0.4, -0.2) is 26.9 Å². The summed E-state index contributed by atoms with van der Waals surface area (Å²) in [7, 11) is 0. The standard InChI is InChI=1S/C16H30O4S/c1-2-3-4-5-6-7-8-9-10-11-12-16(20,15(19)21)13-14(17)18/h20H,2-13H2,1H3,(H,17,18)(H,19,21). The molecule has 1 unspecified atom stereocenters. The van der Waals surface area contributed by atoms with E-state index in [-0.39, 0.29) is 6.42 Å². The highest BCUT2D eigenvalue weighted by Crippen LogP contribution is 2.23. The highest BCUT2D eigenvalue weighted by molar-refractivity contribution is 7.96. The van der Waals surface area contributed by atoms with Crippen molar-refractivity contribution in [1.29, 1.82) is 0 Å². The molecule has 2 N–H and O–H groups in total. The van der Waals surface area contributed by atoms with Gasteiger partial charge >= 0.3 is 5.97 Å². The van der Waals surface area contributed by atoms with Gasteiger partial charge in [-0.25, -0.2) is 0 Å². The molecule has 21 heavy (non-hydrogen) atoms. The van der Waals surface area contributed by atoms with E-state index in [1.165, 1.54) is 38.5 Å². The normalized spacial score (nSPS) is 13.9. The largest absolute Gasteiger partial charge is 0.481 e. The first-order valence-corrected chi connectivity index (χ1v) is 8.54. The summed E-state index contributed by atoms with van der Waals surface area (Å²) in [5.74, 6) is -1.17. The minimum absolute atomic E-state index is 0.179. The Balaban J connectivity index is 3.64. The number of thiol groups is 1. The van der Waals surface area contributed by atoms with Crippen molar-refractivity contribution in [1.82, 2.24) is 0 Å². The van der Waals surface area contributed by atoms with E-state index in [0.717, 1.165) is 19.3 Å². The van der Waals surface area contributed by atoms with Crippen LogP contribution in [0.25, 0.3) is 0 Å². The topological polar surface area (TPSA) is 74.6 Å². The van der Waals surface area contributed by atoms with Crippen molar-refractivity contribution in [3.63, 3.8) is 0 Å². The van der Waals surface area contributed by atoms with Crippen LogP contribution < -0.4 is 0 Å². The summed E-state index contributed by atoms with van der Waals surface area (Å²) >= 11 is 3.60. The van der Waals surface area contributed by atoms with Crippen LogP contribution in [0.3, 0.4) is 0 Å². The third kappa shape index (κ3) is 10.8. The van der Waals surface area contributed by atoms with Crippen molar-refractivity contribution >= 4 is 23.7 Å². The zero-order valence-corrected chi connectivity index (χ0v) is 14.0. The molecule has 0 aliphatic heterocycles. The van der Waals surface area contributed by atoms with E-state index in [1.807, 2.05) is 0 Å². The number of carboxylic acids is 1. The number of carbonyl (C=O) groups excluding carboxylic acids is 1. The second-order valence-corrected chi connectivity index (χ2v) is 6.25. The molecule has 0 aromatic heterocycles. The molecule has 124 valence electrons. The monoisotopic (exact) mass is 318 g/mol. The van der Waals surface area contributed by atoms with Crippen LogP contribution in [0.15, 0.2) is 0 Å². The number of aliphatic hydroxyl groups is 1. The third-order valence-corrected chi connectivity index (χ3v) is 4.20. The maximum absolute atomic E-state index is 11.2. The Labute approximate surface area is 133 Å². The van der Waals surface area contributed by atoms with Crippen molar-refractivity contribution < 1.29 is 19.8 Å². The molecule has 0 fully saturated rings. The number of hydrogen-bond donors (Lipinski definition) is 3. The molecule has 0 saturated carbocycles. The van der Waals surface area contributed by atoms with E-state index in [2.05, 4.69) is 19.6 Å². The second kappa shape index (κ2) is 12.0. The van der Waals surface area contributed by atoms with Crippen LogP contribution in [0.2, 0.25) is 0 Å². The van der Waals surface area contributed by atoms with Gasteiger partial charge in [-0.1, -0.05) is 71.1 Å². The second-order valence-electron chi connectivity index (χ2n) is 5.84. The van der Waals surface area contributed by atoms with Crippen molar-refractivity contribution in [3.05, 3.63) is 0 Å². The van der Waals surface area contributed by atoms with Crippen LogP contribution in [-0.2, 0) is 9.59 Å². The van der Waals surface area contributed by atoms with Gasteiger partial charge in [-0.15, -0.1) is 12.6 Å². The Kier molecular flexibility index (Phi) is 11.7. The molecule has 0 aromatic carbocycles. The lowest BCUT2D eigenvalue weighted by Gasteiger charge is -2.22. The van der Waals surface area contributed by atoms with Crippen molar-refractivity contribution in [2.75, 3.05) is 0 Å². The smallest absolute Gasteiger partial charge is 0.306 e. The fourth-order valence-corrected chi connectivity index (χ4v) is 2.62. The Hall–Kier alpha value is -0.550.